The molecule has 0 saturated heterocycles. The third kappa shape index (κ3) is 4.45. The topological polar surface area (TPSA) is 71.3 Å². The van der Waals surface area contributed by atoms with Gasteiger partial charge in [0.25, 0.3) is 11.8 Å². The minimum absolute atomic E-state index is 0.0797. The number of amides is 2. The zero-order valence-corrected chi connectivity index (χ0v) is 13.7. The van der Waals surface area contributed by atoms with Gasteiger partial charge < -0.3 is 15.1 Å². The average Bonchev–Trinajstić information content (AvgIpc) is 2.99. The first-order valence-electron chi connectivity index (χ1n) is 7.73. The minimum atomic E-state index is -0.171. The molecule has 0 aliphatic heterocycles. The fourth-order valence-electron chi connectivity index (χ4n) is 2.08. The summed E-state index contributed by atoms with van der Waals surface area (Å²) in [4.78, 5) is 24.0. The van der Waals surface area contributed by atoms with E-state index in [1.54, 1.807) is 25.1 Å². The van der Waals surface area contributed by atoms with Crippen LogP contribution in [0.25, 0.3) is 0 Å². The van der Waals surface area contributed by atoms with Crippen LogP contribution in [-0.4, -0.2) is 17.9 Å². The van der Waals surface area contributed by atoms with Gasteiger partial charge in [-0.25, -0.2) is 0 Å². The van der Waals surface area contributed by atoms with Crippen LogP contribution in [0.15, 0.2) is 41.0 Å². The molecule has 0 aliphatic rings. The summed E-state index contributed by atoms with van der Waals surface area (Å²) in [5, 5.41) is 5.75. The lowest BCUT2D eigenvalue weighted by molar-refractivity contribution is 0.0933. The molecule has 1 aromatic carbocycles. The first-order chi connectivity index (χ1) is 11.0. The van der Waals surface area contributed by atoms with Crippen molar-refractivity contribution in [2.24, 2.45) is 0 Å². The van der Waals surface area contributed by atoms with Crippen LogP contribution in [0.5, 0.6) is 0 Å². The van der Waals surface area contributed by atoms with E-state index in [-0.39, 0.29) is 17.9 Å². The molecule has 1 heterocycles. The molecule has 5 nitrogen and oxygen atoms in total. The summed E-state index contributed by atoms with van der Waals surface area (Å²) in [6.45, 7) is 6.15. The number of nitrogens with one attached hydrogen (secondary N) is 2. The third-order valence-corrected chi connectivity index (χ3v) is 3.76. The van der Waals surface area contributed by atoms with Gasteiger partial charge in [-0.1, -0.05) is 19.1 Å². The van der Waals surface area contributed by atoms with Crippen molar-refractivity contribution >= 4 is 11.8 Å². The maximum atomic E-state index is 12.0. The predicted molar refractivity (Wildman–Crippen MR) is 88.3 cm³/mol. The molecule has 2 N–H and O–H groups in total. The fraction of sp³-hybridized carbons (Fsp3) is 0.333. The lowest BCUT2D eigenvalue weighted by atomic mass is 10.1. The molecule has 122 valence electrons. The Kier molecular flexibility index (Phi) is 5.57. The van der Waals surface area contributed by atoms with Crippen LogP contribution in [0.4, 0.5) is 0 Å². The molecule has 1 aromatic heterocycles. The smallest absolute Gasteiger partial charge is 0.255 e. The van der Waals surface area contributed by atoms with E-state index in [1.807, 2.05) is 26.0 Å². The van der Waals surface area contributed by atoms with Gasteiger partial charge in [-0.15, -0.1) is 0 Å². The molecular formula is C18H22N2O3. The van der Waals surface area contributed by atoms with Crippen molar-refractivity contribution in [3.8, 4) is 0 Å². The van der Waals surface area contributed by atoms with Gasteiger partial charge in [-0.3, -0.25) is 9.59 Å². The van der Waals surface area contributed by atoms with Gasteiger partial charge in [0.1, 0.15) is 5.76 Å². The van der Waals surface area contributed by atoms with E-state index in [0.717, 1.165) is 12.0 Å². The van der Waals surface area contributed by atoms with E-state index >= 15 is 0 Å². The van der Waals surface area contributed by atoms with Crippen LogP contribution in [0, 0.1) is 6.92 Å². The molecule has 23 heavy (non-hydrogen) atoms. The number of rotatable bonds is 6. The molecule has 0 radical (unpaired) electrons. The van der Waals surface area contributed by atoms with Gasteiger partial charge in [0.2, 0.25) is 0 Å². The molecule has 0 bridgehead atoms. The van der Waals surface area contributed by atoms with Crippen LogP contribution in [-0.2, 0) is 6.54 Å². The van der Waals surface area contributed by atoms with Crippen molar-refractivity contribution in [3.63, 3.8) is 0 Å². The number of hydrogen-bond donors (Lipinski definition) is 2. The summed E-state index contributed by atoms with van der Waals surface area (Å²) in [6.07, 6.45) is 2.39. The number of carbonyl (C=O) groups is 2. The van der Waals surface area contributed by atoms with Gasteiger partial charge in [-0.05, 0) is 44.0 Å². The Balaban J connectivity index is 1.91. The van der Waals surface area contributed by atoms with Gasteiger partial charge in [-0.2, -0.15) is 0 Å². The average molecular weight is 314 g/mol. The van der Waals surface area contributed by atoms with Crippen molar-refractivity contribution < 1.29 is 14.0 Å². The maximum Gasteiger partial charge on any atom is 0.255 e. The second-order valence-electron chi connectivity index (χ2n) is 5.55. The van der Waals surface area contributed by atoms with Crippen molar-refractivity contribution in [2.75, 3.05) is 0 Å². The van der Waals surface area contributed by atoms with Crippen molar-refractivity contribution in [3.05, 3.63) is 59.0 Å². The molecule has 0 fully saturated rings. The van der Waals surface area contributed by atoms with Gasteiger partial charge in [0.15, 0.2) is 0 Å². The Morgan fingerprint density at radius 2 is 1.83 bits per heavy atom. The molecule has 2 rings (SSSR count). The van der Waals surface area contributed by atoms with Crippen LogP contribution < -0.4 is 10.6 Å². The lowest BCUT2D eigenvalue weighted by Crippen LogP contribution is -2.31. The molecule has 1 atom stereocenters. The highest BCUT2D eigenvalue weighted by molar-refractivity contribution is 5.95. The predicted octanol–water partition coefficient (Wildman–Crippen LogP) is 3.05. The number of benzene rings is 1. The number of furan rings is 1. The highest BCUT2D eigenvalue weighted by Gasteiger charge is 2.11. The lowest BCUT2D eigenvalue weighted by Gasteiger charge is -2.11. The fourth-order valence-corrected chi connectivity index (χ4v) is 2.08. The van der Waals surface area contributed by atoms with Crippen molar-refractivity contribution in [1.29, 1.82) is 0 Å². The normalized spacial score (nSPS) is 11.8. The van der Waals surface area contributed by atoms with Crippen molar-refractivity contribution in [1.82, 2.24) is 10.6 Å². The van der Waals surface area contributed by atoms with E-state index in [1.165, 1.54) is 6.26 Å². The van der Waals surface area contributed by atoms with Crippen LogP contribution in [0.1, 0.15) is 52.3 Å². The first-order valence-corrected chi connectivity index (χ1v) is 7.73. The first kappa shape index (κ1) is 16.8. The Hall–Kier alpha value is -2.56. The zero-order valence-electron chi connectivity index (χ0n) is 13.7. The summed E-state index contributed by atoms with van der Waals surface area (Å²) in [5.74, 6) is 0.346. The third-order valence-electron chi connectivity index (χ3n) is 3.76. The van der Waals surface area contributed by atoms with E-state index in [0.29, 0.717) is 23.4 Å². The molecule has 2 aromatic rings. The Labute approximate surface area is 136 Å². The van der Waals surface area contributed by atoms with Gasteiger partial charge in [0, 0.05) is 18.2 Å². The molecule has 0 spiro atoms. The van der Waals surface area contributed by atoms with E-state index < -0.39 is 0 Å². The van der Waals surface area contributed by atoms with Crippen molar-refractivity contribution in [2.45, 2.75) is 39.8 Å². The quantitative estimate of drug-likeness (QED) is 0.861. The summed E-state index contributed by atoms with van der Waals surface area (Å²) in [6, 6.07) is 9.01. The highest BCUT2D eigenvalue weighted by atomic mass is 16.3. The Morgan fingerprint density at radius 1 is 1.13 bits per heavy atom. The summed E-state index contributed by atoms with van der Waals surface area (Å²) >= 11 is 0. The number of hydrogen-bond acceptors (Lipinski definition) is 3. The number of carbonyl (C=O) groups excluding carboxylic acids is 2. The highest BCUT2D eigenvalue weighted by Crippen LogP contribution is 2.09. The van der Waals surface area contributed by atoms with E-state index in [9.17, 15) is 9.59 Å². The van der Waals surface area contributed by atoms with Crippen LogP contribution in [0.2, 0.25) is 0 Å². The molecule has 0 aliphatic carbocycles. The van der Waals surface area contributed by atoms with E-state index in [2.05, 4.69) is 10.6 Å². The minimum Gasteiger partial charge on any atom is -0.469 e. The molecule has 5 heteroatoms. The molecule has 0 unspecified atom stereocenters. The molecule has 0 saturated carbocycles. The standard InChI is InChI=1S/C18H22N2O3/c1-4-12(2)20-17(21)15-7-5-14(6-8-15)11-19-18(22)16-9-10-23-13(16)3/h5-10,12H,4,11H2,1-3H3,(H,19,22)(H,20,21)/t12-/m1/s1. The van der Waals surface area contributed by atoms with Crippen LogP contribution in [0.3, 0.4) is 0 Å². The number of aryl methyl sites for hydroxylation is 1. The second kappa shape index (κ2) is 7.63. The van der Waals surface area contributed by atoms with Crippen LogP contribution >= 0.6 is 0 Å². The zero-order chi connectivity index (χ0) is 16.8. The summed E-state index contributed by atoms with van der Waals surface area (Å²) < 4.78 is 5.12. The summed E-state index contributed by atoms with van der Waals surface area (Å²) in [7, 11) is 0. The SMILES string of the molecule is CC[C@@H](C)NC(=O)c1ccc(CNC(=O)c2ccoc2C)cc1. The largest absolute Gasteiger partial charge is 0.469 e. The van der Waals surface area contributed by atoms with E-state index in [4.69, 9.17) is 4.42 Å². The summed E-state index contributed by atoms with van der Waals surface area (Å²) in [5.41, 5.74) is 2.08. The second-order valence-corrected chi connectivity index (χ2v) is 5.55. The van der Waals surface area contributed by atoms with Gasteiger partial charge in [0.05, 0.1) is 11.8 Å². The molecular weight excluding hydrogens is 292 g/mol. The monoisotopic (exact) mass is 314 g/mol. The Morgan fingerprint density at radius 3 is 2.39 bits per heavy atom. The maximum absolute atomic E-state index is 12.0. The van der Waals surface area contributed by atoms with Gasteiger partial charge >= 0.3 is 0 Å². The Bertz CT molecular complexity index is 674. The molecule has 2 amide bonds.